The summed E-state index contributed by atoms with van der Waals surface area (Å²) >= 11 is 7.15. The molecule has 1 amide bonds. The number of amides is 1. The molecule has 184 valence electrons. The molecule has 1 aromatic heterocycles. The third kappa shape index (κ3) is 3.98. The Morgan fingerprint density at radius 1 is 1.17 bits per heavy atom. The second-order valence-electron chi connectivity index (χ2n) is 7.99. The highest BCUT2D eigenvalue weighted by atomic mass is 35.5. The van der Waals surface area contributed by atoms with Gasteiger partial charge in [-0.3, -0.25) is 14.5 Å². The van der Waals surface area contributed by atoms with Crippen LogP contribution in [0, 0.1) is 6.92 Å². The Kier molecular flexibility index (Phi) is 6.15. The van der Waals surface area contributed by atoms with Crippen LogP contribution in [0.4, 0.5) is 5.13 Å². The first-order valence-corrected chi connectivity index (χ1v) is 12.0. The van der Waals surface area contributed by atoms with Gasteiger partial charge in [0, 0.05) is 10.6 Å². The number of fused-ring (bicyclic) bond motifs is 1. The zero-order valence-electron chi connectivity index (χ0n) is 19.1. The first kappa shape index (κ1) is 23.8. The quantitative estimate of drug-likeness (QED) is 0.232. The molecule has 0 saturated carbocycles. The Morgan fingerprint density at radius 3 is 2.64 bits per heavy atom. The summed E-state index contributed by atoms with van der Waals surface area (Å²) in [4.78, 5) is 44.5. The number of nitrogens with zero attached hydrogens (tertiary/aromatic N) is 2. The number of hydrogen-bond donors (Lipinski definition) is 1. The van der Waals surface area contributed by atoms with E-state index in [1.165, 1.54) is 12.0 Å². The zero-order chi connectivity index (χ0) is 25.6. The lowest BCUT2D eigenvalue weighted by molar-refractivity contribution is -0.132. The molecule has 9 nitrogen and oxygen atoms in total. The maximum atomic E-state index is 13.3. The first-order valence-electron chi connectivity index (χ1n) is 10.8. The number of aliphatic hydroxyl groups excluding tert-OH is 1. The normalized spacial score (nSPS) is 18.4. The highest BCUT2D eigenvalue weighted by Crippen LogP contribution is 2.45. The maximum Gasteiger partial charge on any atom is 0.350 e. The van der Waals surface area contributed by atoms with Crippen molar-refractivity contribution in [2.45, 2.75) is 13.0 Å². The summed E-state index contributed by atoms with van der Waals surface area (Å²) in [5.74, 6) is -1.87. The number of aryl methyl sites for hydroxylation is 1. The Balaban J connectivity index is 1.69. The van der Waals surface area contributed by atoms with Gasteiger partial charge in [0.15, 0.2) is 16.6 Å². The van der Waals surface area contributed by atoms with Gasteiger partial charge >= 0.3 is 11.9 Å². The largest absolute Gasteiger partial charge is 0.507 e. The van der Waals surface area contributed by atoms with Crippen molar-refractivity contribution in [3.63, 3.8) is 0 Å². The number of rotatable bonds is 4. The summed E-state index contributed by atoms with van der Waals surface area (Å²) < 4.78 is 15.9. The second kappa shape index (κ2) is 9.29. The summed E-state index contributed by atoms with van der Waals surface area (Å²) in [5.41, 5.74) is 0.954. The Morgan fingerprint density at radius 2 is 1.92 bits per heavy atom. The zero-order valence-corrected chi connectivity index (χ0v) is 20.7. The van der Waals surface area contributed by atoms with Crippen molar-refractivity contribution in [2.75, 3.05) is 25.2 Å². The number of ketones is 1. The van der Waals surface area contributed by atoms with E-state index >= 15 is 0 Å². The fraction of sp³-hybridized carbons (Fsp3) is 0.200. The number of aliphatic hydroxyl groups is 1. The number of esters is 1. The average molecular weight is 527 g/mol. The summed E-state index contributed by atoms with van der Waals surface area (Å²) in [6.07, 6.45) is 0. The highest BCUT2D eigenvalue weighted by molar-refractivity contribution is 7.17. The van der Waals surface area contributed by atoms with Gasteiger partial charge in [-0.2, -0.15) is 0 Å². The van der Waals surface area contributed by atoms with E-state index in [-0.39, 0.29) is 26.9 Å². The molecule has 11 heteroatoms. The fourth-order valence-corrected chi connectivity index (χ4v) is 5.35. The Hall–Kier alpha value is -3.89. The van der Waals surface area contributed by atoms with Gasteiger partial charge in [0.05, 0.1) is 24.4 Å². The van der Waals surface area contributed by atoms with Crippen molar-refractivity contribution < 1.29 is 33.7 Å². The van der Waals surface area contributed by atoms with Crippen LogP contribution in [0.15, 0.2) is 48.0 Å². The Labute approximate surface area is 214 Å². The van der Waals surface area contributed by atoms with Crippen molar-refractivity contribution in [3.05, 3.63) is 74.8 Å². The minimum atomic E-state index is -1.05. The summed E-state index contributed by atoms with van der Waals surface area (Å²) in [5, 5.41) is 11.8. The van der Waals surface area contributed by atoms with Crippen molar-refractivity contribution in [3.8, 4) is 11.5 Å². The first-order chi connectivity index (χ1) is 17.3. The molecule has 2 aromatic carbocycles. The van der Waals surface area contributed by atoms with E-state index in [2.05, 4.69) is 4.98 Å². The minimum Gasteiger partial charge on any atom is -0.507 e. The average Bonchev–Trinajstić information content (AvgIpc) is 3.39. The number of benzene rings is 2. The van der Waals surface area contributed by atoms with Gasteiger partial charge in [0.1, 0.15) is 23.9 Å². The topological polar surface area (TPSA) is 115 Å². The van der Waals surface area contributed by atoms with Crippen LogP contribution in [-0.4, -0.2) is 48.1 Å². The number of ether oxygens (including phenoxy) is 3. The van der Waals surface area contributed by atoms with Crippen LogP contribution in [0.2, 0.25) is 5.02 Å². The molecular weight excluding hydrogens is 508 g/mol. The number of thiazole rings is 1. The number of anilines is 1. The number of aromatic nitrogens is 1. The van der Waals surface area contributed by atoms with E-state index in [0.717, 1.165) is 11.3 Å². The molecule has 0 aliphatic carbocycles. The molecule has 1 fully saturated rings. The molecule has 0 radical (unpaired) electrons. The Bertz CT molecular complexity index is 1450. The maximum absolute atomic E-state index is 13.3. The molecule has 1 N–H and O–H groups in total. The van der Waals surface area contributed by atoms with Crippen molar-refractivity contribution in [1.82, 2.24) is 4.98 Å². The third-order valence-corrected chi connectivity index (χ3v) is 7.16. The van der Waals surface area contributed by atoms with Crippen LogP contribution in [0.3, 0.4) is 0 Å². The number of hydrogen-bond acceptors (Lipinski definition) is 9. The standard InChI is InChI=1S/C25H19ClN2O7S/c1-12-22(24(32)33-2)36-25(27-12)28-19(13-4-3-5-15(26)10-13)18(21(30)23(28)31)20(29)14-6-7-16-17(11-14)35-9-8-34-16/h3-7,10-11,19,29H,8-9H2,1-2H3/b20-18-. The van der Waals surface area contributed by atoms with E-state index in [9.17, 15) is 19.5 Å². The number of halogens is 1. The summed E-state index contributed by atoms with van der Waals surface area (Å²) in [6.45, 7) is 2.35. The highest BCUT2D eigenvalue weighted by Gasteiger charge is 2.48. The van der Waals surface area contributed by atoms with E-state index < -0.39 is 23.7 Å². The van der Waals surface area contributed by atoms with Gasteiger partial charge in [-0.1, -0.05) is 35.1 Å². The van der Waals surface area contributed by atoms with Gasteiger partial charge in [-0.25, -0.2) is 9.78 Å². The third-order valence-electron chi connectivity index (χ3n) is 5.79. The number of Topliss-reactive ketones (excluding diaryl/α,β-unsaturated/α-hetero) is 1. The summed E-state index contributed by atoms with van der Waals surface area (Å²) in [7, 11) is 1.24. The lowest BCUT2D eigenvalue weighted by Gasteiger charge is -2.23. The van der Waals surface area contributed by atoms with Crippen LogP contribution in [-0.2, 0) is 14.3 Å². The lowest BCUT2D eigenvalue weighted by atomic mass is 9.95. The number of carbonyl (C=O) groups is 3. The second-order valence-corrected chi connectivity index (χ2v) is 9.40. The van der Waals surface area contributed by atoms with Crippen LogP contribution in [0.1, 0.15) is 32.5 Å². The molecular formula is C25H19ClN2O7S. The van der Waals surface area contributed by atoms with E-state index in [1.54, 1.807) is 49.4 Å². The van der Waals surface area contributed by atoms with Crippen LogP contribution < -0.4 is 14.4 Å². The van der Waals surface area contributed by atoms with E-state index in [1.807, 2.05) is 0 Å². The van der Waals surface area contributed by atoms with Crippen LogP contribution in [0.25, 0.3) is 5.76 Å². The molecule has 1 atom stereocenters. The SMILES string of the molecule is COC(=O)c1sc(N2C(=O)C(=O)/C(=C(\O)c3ccc4c(c3)OCCO4)C2c2cccc(Cl)c2)nc1C. The van der Waals surface area contributed by atoms with Crippen LogP contribution >= 0.6 is 22.9 Å². The van der Waals surface area contributed by atoms with E-state index in [0.29, 0.717) is 41.0 Å². The van der Waals surface area contributed by atoms with Gasteiger partial charge < -0.3 is 19.3 Å². The molecule has 1 saturated heterocycles. The van der Waals surface area contributed by atoms with Gasteiger partial charge in [-0.15, -0.1) is 0 Å². The number of carbonyl (C=O) groups excluding carboxylic acids is 3. The summed E-state index contributed by atoms with van der Waals surface area (Å²) in [6, 6.07) is 10.3. The van der Waals surface area contributed by atoms with Gasteiger partial charge in [0.2, 0.25) is 0 Å². The van der Waals surface area contributed by atoms with Gasteiger partial charge in [-0.05, 0) is 42.8 Å². The fourth-order valence-electron chi connectivity index (χ4n) is 4.14. The minimum absolute atomic E-state index is 0.112. The van der Waals surface area contributed by atoms with Gasteiger partial charge in [0.25, 0.3) is 5.78 Å². The monoisotopic (exact) mass is 526 g/mol. The molecule has 5 rings (SSSR count). The molecule has 2 aliphatic rings. The van der Waals surface area contributed by atoms with Crippen molar-refractivity contribution >= 4 is 51.5 Å². The number of methoxy groups -OCH3 is 1. The molecule has 3 heterocycles. The predicted molar refractivity (Wildman–Crippen MR) is 132 cm³/mol. The molecule has 36 heavy (non-hydrogen) atoms. The smallest absolute Gasteiger partial charge is 0.350 e. The van der Waals surface area contributed by atoms with Crippen molar-refractivity contribution in [1.29, 1.82) is 0 Å². The van der Waals surface area contributed by atoms with Crippen LogP contribution in [0.5, 0.6) is 11.5 Å². The lowest BCUT2D eigenvalue weighted by Crippen LogP contribution is -2.29. The molecule has 0 bridgehead atoms. The molecule has 2 aliphatic heterocycles. The predicted octanol–water partition coefficient (Wildman–Crippen LogP) is 4.29. The molecule has 1 unspecified atom stereocenters. The molecule has 3 aromatic rings. The molecule has 0 spiro atoms. The van der Waals surface area contributed by atoms with Crippen molar-refractivity contribution in [2.24, 2.45) is 0 Å². The van der Waals surface area contributed by atoms with E-state index in [4.69, 9.17) is 25.8 Å².